The summed E-state index contributed by atoms with van der Waals surface area (Å²) in [5.74, 6) is -2.24. The highest BCUT2D eigenvalue weighted by Gasteiger charge is 2.69. The minimum atomic E-state index is -1.08. The third-order valence-corrected chi connectivity index (χ3v) is 5.81. The number of amidine groups is 1. The molecule has 0 aromatic heterocycles. The van der Waals surface area contributed by atoms with Crippen LogP contribution < -0.4 is 11.5 Å². The number of anilines is 1. The van der Waals surface area contributed by atoms with Crippen LogP contribution in [0.15, 0.2) is 17.1 Å². The first-order valence-electron chi connectivity index (χ1n) is 6.51. The standard InChI is InChI=1S/C14H15F2N3OS/c1-6(20)14-5-10(14)13(2,19-12(18)21-14)8-3-7(17)4-9(15)11(8)16/h3-4,10H,5,17H2,1-2H3,(H2,18,19)/t10-,13+,14-/m0/s1. The third kappa shape index (κ3) is 1.87. The fraction of sp³-hybridized carbons (Fsp3) is 0.429. The minimum absolute atomic E-state index is 0.0219. The van der Waals surface area contributed by atoms with Gasteiger partial charge in [-0.3, -0.25) is 9.79 Å². The minimum Gasteiger partial charge on any atom is -0.399 e. The lowest BCUT2D eigenvalue weighted by Gasteiger charge is -2.33. The maximum atomic E-state index is 14.2. The molecule has 1 aromatic carbocycles. The van der Waals surface area contributed by atoms with Crippen LogP contribution in [0.2, 0.25) is 0 Å². The van der Waals surface area contributed by atoms with Gasteiger partial charge >= 0.3 is 0 Å². The largest absolute Gasteiger partial charge is 0.399 e. The van der Waals surface area contributed by atoms with Gasteiger partial charge in [0.1, 0.15) is 5.78 Å². The number of benzene rings is 1. The molecule has 0 spiro atoms. The summed E-state index contributed by atoms with van der Waals surface area (Å²) in [6.07, 6.45) is 0.545. The van der Waals surface area contributed by atoms with Gasteiger partial charge in [0.05, 0.1) is 10.3 Å². The second-order valence-electron chi connectivity index (χ2n) is 5.77. The predicted octanol–water partition coefficient (Wildman–Crippen LogP) is 2.17. The summed E-state index contributed by atoms with van der Waals surface area (Å²) in [5.41, 5.74) is 10.5. The zero-order valence-corrected chi connectivity index (χ0v) is 12.4. The van der Waals surface area contributed by atoms with Crippen LogP contribution in [0.4, 0.5) is 14.5 Å². The maximum Gasteiger partial charge on any atom is 0.164 e. The van der Waals surface area contributed by atoms with E-state index in [4.69, 9.17) is 11.5 Å². The highest BCUT2D eigenvalue weighted by Crippen LogP contribution is 2.66. The molecule has 1 fully saturated rings. The van der Waals surface area contributed by atoms with Gasteiger partial charge in [-0.2, -0.15) is 0 Å². The first kappa shape index (κ1) is 14.3. The van der Waals surface area contributed by atoms with E-state index < -0.39 is 21.9 Å². The van der Waals surface area contributed by atoms with E-state index in [9.17, 15) is 13.6 Å². The highest BCUT2D eigenvalue weighted by molar-refractivity contribution is 8.15. The predicted molar refractivity (Wildman–Crippen MR) is 78.9 cm³/mol. The molecule has 1 aromatic rings. The molecule has 2 aliphatic rings. The van der Waals surface area contributed by atoms with Gasteiger partial charge in [-0.25, -0.2) is 8.78 Å². The molecule has 1 aliphatic carbocycles. The lowest BCUT2D eigenvalue weighted by Crippen LogP contribution is -2.38. The Labute approximate surface area is 125 Å². The molecule has 0 unspecified atom stereocenters. The average molecular weight is 311 g/mol. The van der Waals surface area contributed by atoms with Crippen LogP contribution in [0, 0.1) is 17.6 Å². The number of halogens is 2. The summed E-state index contributed by atoms with van der Waals surface area (Å²) < 4.78 is 27.2. The van der Waals surface area contributed by atoms with Gasteiger partial charge in [-0.05, 0) is 32.4 Å². The van der Waals surface area contributed by atoms with Gasteiger partial charge in [0.2, 0.25) is 0 Å². The van der Waals surface area contributed by atoms with Gasteiger partial charge in [-0.1, -0.05) is 11.8 Å². The first-order valence-corrected chi connectivity index (χ1v) is 7.33. The lowest BCUT2D eigenvalue weighted by atomic mass is 9.85. The quantitative estimate of drug-likeness (QED) is 0.820. The van der Waals surface area contributed by atoms with E-state index >= 15 is 0 Å². The third-order valence-electron chi connectivity index (χ3n) is 4.41. The Kier molecular flexibility index (Phi) is 2.86. The number of carbonyl (C=O) groups excluding carboxylic acids is 1. The summed E-state index contributed by atoms with van der Waals surface area (Å²) in [6.45, 7) is 3.16. The van der Waals surface area contributed by atoms with E-state index in [2.05, 4.69) is 4.99 Å². The Balaban J connectivity index is 2.18. The zero-order chi connectivity index (χ0) is 15.6. The molecular formula is C14H15F2N3OS. The van der Waals surface area contributed by atoms with E-state index in [1.807, 2.05) is 0 Å². The van der Waals surface area contributed by atoms with Crippen molar-refractivity contribution in [1.29, 1.82) is 0 Å². The molecule has 0 radical (unpaired) electrons. The summed E-state index contributed by atoms with van der Waals surface area (Å²) >= 11 is 1.21. The van der Waals surface area contributed by atoms with Crippen molar-refractivity contribution in [2.45, 2.75) is 30.6 Å². The lowest BCUT2D eigenvalue weighted by molar-refractivity contribution is -0.117. The molecule has 1 aliphatic heterocycles. The Hall–Kier alpha value is -1.63. The van der Waals surface area contributed by atoms with Crippen molar-refractivity contribution in [1.82, 2.24) is 0 Å². The Morgan fingerprint density at radius 1 is 1.43 bits per heavy atom. The summed E-state index contributed by atoms with van der Waals surface area (Å²) in [7, 11) is 0. The second-order valence-corrected chi connectivity index (χ2v) is 7.12. The molecule has 21 heavy (non-hydrogen) atoms. The summed E-state index contributed by atoms with van der Waals surface area (Å²) in [5, 5.41) is 0.212. The molecule has 0 amide bonds. The number of hydrogen-bond acceptors (Lipinski definition) is 5. The number of ketones is 1. The number of thioether (sulfide) groups is 1. The average Bonchev–Trinajstić information content (AvgIpc) is 3.10. The van der Waals surface area contributed by atoms with Crippen molar-refractivity contribution in [2.75, 3.05) is 5.73 Å². The number of carbonyl (C=O) groups is 1. The Morgan fingerprint density at radius 3 is 2.71 bits per heavy atom. The number of fused-ring (bicyclic) bond motifs is 1. The number of nitrogens with zero attached hydrogens (tertiary/aromatic N) is 1. The summed E-state index contributed by atoms with van der Waals surface area (Å²) in [6, 6.07) is 2.30. The van der Waals surface area contributed by atoms with E-state index in [-0.39, 0.29) is 28.1 Å². The molecule has 1 saturated carbocycles. The molecule has 0 bridgehead atoms. The molecule has 4 nitrogen and oxygen atoms in total. The van der Waals surface area contributed by atoms with Crippen LogP contribution in [-0.4, -0.2) is 15.7 Å². The fourth-order valence-electron chi connectivity index (χ4n) is 3.21. The fourth-order valence-corrected chi connectivity index (χ4v) is 4.59. The monoisotopic (exact) mass is 311 g/mol. The van der Waals surface area contributed by atoms with Crippen molar-refractivity contribution < 1.29 is 13.6 Å². The zero-order valence-electron chi connectivity index (χ0n) is 11.6. The van der Waals surface area contributed by atoms with Crippen molar-refractivity contribution in [3.63, 3.8) is 0 Å². The van der Waals surface area contributed by atoms with Crippen LogP contribution >= 0.6 is 11.8 Å². The molecule has 7 heteroatoms. The molecule has 3 rings (SSSR count). The van der Waals surface area contributed by atoms with Crippen LogP contribution in [0.5, 0.6) is 0 Å². The highest BCUT2D eigenvalue weighted by atomic mass is 32.2. The SMILES string of the molecule is CC(=O)[C@@]12C[C@H]1[C@@](C)(c1cc(N)cc(F)c1F)N=C(N)S2. The first-order chi connectivity index (χ1) is 9.70. The van der Waals surface area contributed by atoms with Gasteiger partial charge in [0.25, 0.3) is 0 Å². The molecule has 112 valence electrons. The van der Waals surface area contributed by atoms with Crippen molar-refractivity contribution >= 4 is 28.4 Å². The van der Waals surface area contributed by atoms with Gasteiger partial charge < -0.3 is 11.5 Å². The Bertz CT molecular complexity index is 693. The van der Waals surface area contributed by atoms with Crippen LogP contribution in [0.1, 0.15) is 25.8 Å². The molecule has 1 heterocycles. The van der Waals surface area contributed by atoms with E-state index in [0.29, 0.717) is 6.42 Å². The van der Waals surface area contributed by atoms with Crippen molar-refractivity contribution in [3.8, 4) is 0 Å². The number of aliphatic imine (C=N–C) groups is 1. The Morgan fingerprint density at radius 2 is 2.10 bits per heavy atom. The normalized spacial score (nSPS) is 34.1. The van der Waals surface area contributed by atoms with Gasteiger partial charge in [-0.15, -0.1) is 0 Å². The number of nitrogens with two attached hydrogens (primary N) is 2. The van der Waals surface area contributed by atoms with Gasteiger partial charge in [0.15, 0.2) is 16.8 Å². The summed E-state index contributed by atoms with van der Waals surface area (Å²) in [4.78, 5) is 16.2. The topological polar surface area (TPSA) is 81.5 Å². The van der Waals surface area contributed by atoms with E-state index in [1.165, 1.54) is 24.8 Å². The number of nitrogen functional groups attached to an aromatic ring is 1. The van der Waals surface area contributed by atoms with Crippen molar-refractivity contribution in [2.24, 2.45) is 16.6 Å². The number of Topliss-reactive ketones (excluding diaryl/α,β-unsaturated/α-hetero) is 1. The van der Waals surface area contributed by atoms with Crippen molar-refractivity contribution in [3.05, 3.63) is 29.3 Å². The van der Waals surface area contributed by atoms with Crippen LogP contribution in [0.3, 0.4) is 0 Å². The van der Waals surface area contributed by atoms with E-state index in [1.54, 1.807) is 6.92 Å². The van der Waals surface area contributed by atoms with Crippen LogP contribution in [0.25, 0.3) is 0 Å². The molecule has 4 N–H and O–H groups in total. The molecular weight excluding hydrogens is 296 g/mol. The van der Waals surface area contributed by atoms with E-state index in [0.717, 1.165) is 6.07 Å². The number of hydrogen-bond donors (Lipinski definition) is 2. The molecule has 3 atom stereocenters. The number of rotatable bonds is 2. The van der Waals surface area contributed by atoms with Crippen LogP contribution in [-0.2, 0) is 10.3 Å². The second kappa shape index (κ2) is 4.19. The van der Waals surface area contributed by atoms with Gasteiger partial charge in [0, 0.05) is 17.2 Å². The smallest absolute Gasteiger partial charge is 0.164 e. The maximum absolute atomic E-state index is 14.2. The molecule has 0 saturated heterocycles.